The van der Waals surface area contributed by atoms with Gasteiger partial charge < -0.3 is 19.7 Å². The van der Waals surface area contributed by atoms with Crippen molar-refractivity contribution < 1.29 is 14.3 Å². The number of ether oxygens (including phenoxy) is 2. The highest BCUT2D eigenvalue weighted by molar-refractivity contribution is 6.32. The average molecular weight is 375 g/mol. The summed E-state index contributed by atoms with van der Waals surface area (Å²) in [6.07, 6.45) is 1.03. The zero-order valence-electron chi connectivity index (χ0n) is 14.6. The fraction of sp³-hybridized carbons (Fsp3) is 0.350. The number of carbonyl (C=O) groups is 1. The molecule has 2 aromatic rings. The Morgan fingerprint density at radius 2 is 1.85 bits per heavy atom. The molecule has 1 aliphatic rings. The molecule has 2 aromatic carbocycles. The van der Waals surface area contributed by atoms with Crippen molar-refractivity contribution in [2.45, 2.75) is 12.8 Å². The molecule has 26 heavy (non-hydrogen) atoms. The molecule has 0 unspecified atom stereocenters. The van der Waals surface area contributed by atoms with E-state index in [2.05, 4.69) is 10.2 Å². The molecule has 3 rings (SSSR count). The monoisotopic (exact) mass is 374 g/mol. The minimum Gasteiger partial charge on any atom is -0.492 e. The molecule has 1 N–H and O–H groups in total. The number of nitrogens with zero attached hydrogens (tertiary/aromatic N) is 1. The standard InChI is InChI=1S/C20H23ClN2O3/c21-18-4-1-2-5-19(18)26-13-3-6-20(24)22-16-7-9-17(10-8-16)23-11-14-25-15-12-23/h1-2,4-5,7-10H,3,6,11-15H2,(H,22,24). The van der Waals surface area contributed by atoms with E-state index in [4.69, 9.17) is 21.1 Å². The van der Waals surface area contributed by atoms with Crippen LogP contribution in [0.2, 0.25) is 5.02 Å². The molecule has 0 radical (unpaired) electrons. The third-order valence-corrected chi connectivity index (χ3v) is 4.48. The molecule has 1 fully saturated rings. The van der Waals surface area contributed by atoms with Crippen molar-refractivity contribution in [3.8, 4) is 5.75 Å². The van der Waals surface area contributed by atoms with Crippen LogP contribution >= 0.6 is 11.6 Å². The van der Waals surface area contributed by atoms with Gasteiger partial charge in [0.15, 0.2) is 0 Å². The quantitative estimate of drug-likeness (QED) is 0.745. The molecule has 1 saturated heterocycles. The van der Waals surface area contributed by atoms with Gasteiger partial charge in [-0.15, -0.1) is 0 Å². The summed E-state index contributed by atoms with van der Waals surface area (Å²) < 4.78 is 11.0. The lowest BCUT2D eigenvalue weighted by molar-refractivity contribution is -0.116. The maximum Gasteiger partial charge on any atom is 0.224 e. The molecule has 1 heterocycles. The Morgan fingerprint density at radius 3 is 2.58 bits per heavy atom. The van der Waals surface area contributed by atoms with Crippen LogP contribution in [-0.2, 0) is 9.53 Å². The van der Waals surface area contributed by atoms with Gasteiger partial charge in [-0.2, -0.15) is 0 Å². The molecule has 1 amide bonds. The third-order valence-electron chi connectivity index (χ3n) is 4.17. The van der Waals surface area contributed by atoms with Crippen molar-refractivity contribution in [1.82, 2.24) is 0 Å². The Labute approximate surface area is 158 Å². The van der Waals surface area contributed by atoms with Crippen LogP contribution in [0.15, 0.2) is 48.5 Å². The Morgan fingerprint density at radius 1 is 1.12 bits per heavy atom. The molecule has 138 valence electrons. The van der Waals surface area contributed by atoms with Gasteiger partial charge in [0.25, 0.3) is 0 Å². The van der Waals surface area contributed by atoms with Crippen molar-refractivity contribution in [1.29, 1.82) is 0 Å². The van der Waals surface area contributed by atoms with E-state index in [0.717, 1.165) is 37.7 Å². The average Bonchev–Trinajstić information content (AvgIpc) is 2.68. The first kappa shape index (κ1) is 18.5. The number of anilines is 2. The van der Waals surface area contributed by atoms with Gasteiger partial charge in [-0.3, -0.25) is 4.79 Å². The second-order valence-corrected chi connectivity index (χ2v) is 6.48. The number of para-hydroxylation sites is 1. The first-order valence-corrected chi connectivity index (χ1v) is 9.20. The normalized spacial score (nSPS) is 14.1. The number of benzene rings is 2. The van der Waals surface area contributed by atoms with E-state index in [1.54, 1.807) is 6.07 Å². The Hall–Kier alpha value is -2.24. The molecule has 0 atom stereocenters. The summed E-state index contributed by atoms with van der Waals surface area (Å²) in [6.45, 7) is 3.77. The number of rotatable bonds is 7. The van der Waals surface area contributed by atoms with Crippen molar-refractivity contribution in [2.24, 2.45) is 0 Å². The van der Waals surface area contributed by atoms with Crippen LogP contribution in [0.5, 0.6) is 5.75 Å². The molecule has 0 aromatic heterocycles. The van der Waals surface area contributed by atoms with Crippen molar-refractivity contribution in [2.75, 3.05) is 43.1 Å². The molecule has 0 saturated carbocycles. The van der Waals surface area contributed by atoms with Gasteiger partial charge >= 0.3 is 0 Å². The molecule has 0 aliphatic carbocycles. The lowest BCUT2D eigenvalue weighted by Crippen LogP contribution is -2.36. The van der Waals surface area contributed by atoms with E-state index in [1.165, 1.54) is 0 Å². The first-order chi connectivity index (χ1) is 12.7. The van der Waals surface area contributed by atoms with Crippen LogP contribution in [0.3, 0.4) is 0 Å². The maximum absolute atomic E-state index is 12.1. The number of morpholine rings is 1. The van der Waals surface area contributed by atoms with Gasteiger partial charge in [-0.05, 0) is 42.8 Å². The van der Waals surface area contributed by atoms with E-state index < -0.39 is 0 Å². The summed E-state index contributed by atoms with van der Waals surface area (Å²) in [5, 5.41) is 3.50. The number of nitrogens with one attached hydrogen (secondary N) is 1. The predicted octanol–water partition coefficient (Wildman–Crippen LogP) is 3.97. The third kappa shape index (κ3) is 5.38. The maximum atomic E-state index is 12.1. The zero-order chi connectivity index (χ0) is 18.2. The number of hydrogen-bond acceptors (Lipinski definition) is 4. The largest absolute Gasteiger partial charge is 0.492 e. The summed E-state index contributed by atoms with van der Waals surface area (Å²) in [4.78, 5) is 14.3. The van der Waals surface area contributed by atoms with Gasteiger partial charge in [0.2, 0.25) is 5.91 Å². The SMILES string of the molecule is O=C(CCCOc1ccccc1Cl)Nc1ccc(N2CCOCC2)cc1. The first-order valence-electron chi connectivity index (χ1n) is 8.82. The number of carbonyl (C=O) groups excluding carboxylic acids is 1. The molecular weight excluding hydrogens is 352 g/mol. The molecule has 5 nitrogen and oxygen atoms in total. The van der Waals surface area contributed by atoms with Crippen LogP contribution in [0, 0.1) is 0 Å². The van der Waals surface area contributed by atoms with Crippen LogP contribution < -0.4 is 15.0 Å². The number of hydrogen-bond donors (Lipinski definition) is 1. The van der Waals surface area contributed by atoms with Gasteiger partial charge in [0.05, 0.1) is 24.8 Å². The second kappa shape index (κ2) is 9.46. The minimum absolute atomic E-state index is 0.0214. The molecule has 0 bridgehead atoms. The van der Waals surface area contributed by atoms with Gasteiger partial charge in [-0.1, -0.05) is 23.7 Å². The Balaban J connectivity index is 1.39. The molecule has 0 spiro atoms. The highest BCUT2D eigenvalue weighted by Crippen LogP contribution is 2.23. The van der Waals surface area contributed by atoms with Crippen LogP contribution in [0.25, 0.3) is 0 Å². The van der Waals surface area contributed by atoms with E-state index >= 15 is 0 Å². The molecular formula is C20H23ClN2O3. The fourth-order valence-corrected chi connectivity index (χ4v) is 2.97. The second-order valence-electron chi connectivity index (χ2n) is 6.08. The number of amides is 1. The lowest BCUT2D eigenvalue weighted by Gasteiger charge is -2.28. The van der Waals surface area contributed by atoms with Crippen LogP contribution in [0.1, 0.15) is 12.8 Å². The zero-order valence-corrected chi connectivity index (χ0v) is 15.4. The van der Waals surface area contributed by atoms with E-state index in [9.17, 15) is 4.79 Å². The fourth-order valence-electron chi connectivity index (χ4n) is 2.78. The van der Waals surface area contributed by atoms with Gasteiger partial charge in [0.1, 0.15) is 5.75 Å². The smallest absolute Gasteiger partial charge is 0.224 e. The Bertz CT molecular complexity index is 715. The van der Waals surface area contributed by atoms with E-state index in [0.29, 0.717) is 30.2 Å². The predicted molar refractivity (Wildman–Crippen MR) is 104 cm³/mol. The van der Waals surface area contributed by atoms with Crippen LogP contribution in [-0.4, -0.2) is 38.8 Å². The van der Waals surface area contributed by atoms with E-state index in [1.807, 2.05) is 42.5 Å². The van der Waals surface area contributed by atoms with Crippen molar-refractivity contribution in [3.63, 3.8) is 0 Å². The molecule has 6 heteroatoms. The highest BCUT2D eigenvalue weighted by Gasteiger charge is 2.11. The van der Waals surface area contributed by atoms with Gasteiger partial charge in [0, 0.05) is 30.9 Å². The topological polar surface area (TPSA) is 50.8 Å². The highest BCUT2D eigenvalue weighted by atomic mass is 35.5. The minimum atomic E-state index is -0.0214. The van der Waals surface area contributed by atoms with Crippen LogP contribution in [0.4, 0.5) is 11.4 Å². The Kier molecular flexibility index (Phi) is 6.75. The number of halogens is 1. The summed E-state index contributed by atoms with van der Waals surface area (Å²) in [7, 11) is 0. The van der Waals surface area contributed by atoms with E-state index in [-0.39, 0.29) is 5.91 Å². The lowest BCUT2D eigenvalue weighted by atomic mass is 10.2. The summed E-state index contributed by atoms with van der Waals surface area (Å²) in [5.41, 5.74) is 1.96. The summed E-state index contributed by atoms with van der Waals surface area (Å²) >= 11 is 6.03. The summed E-state index contributed by atoms with van der Waals surface area (Å²) in [5.74, 6) is 0.625. The van der Waals surface area contributed by atoms with Crippen molar-refractivity contribution in [3.05, 3.63) is 53.6 Å². The summed E-state index contributed by atoms with van der Waals surface area (Å²) in [6, 6.07) is 15.2. The van der Waals surface area contributed by atoms with Crippen molar-refractivity contribution >= 4 is 28.9 Å². The van der Waals surface area contributed by atoms with Gasteiger partial charge in [-0.25, -0.2) is 0 Å². The molecule has 1 aliphatic heterocycles.